The van der Waals surface area contributed by atoms with Gasteiger partial charge in [-0.1, -0.05) is 0 Å². The molecular weight excluding hydrogens is 402 g/mol. The van der Waals surface area contributed by atoms with Gasteiger partial charge in [-0.25, -0.2) is 4.79 Å². The summed E-state index contributed by atoms with van der Waals surface area (Å²) >= 11 is 3.68. The number of nitrogens with zero attached hydrogens (tertiary/aromatic N) is 1. The van der Waals surface area contributed by atoms with Crippen LogP contribution in [-0.2, 0) is 27.9 Å². The highest BCUT2D eigenvalue weighted by molar-refractivity contribution is 9.10. The summed E-state index contributed by atoms with van der Waals surface area (Å²) in [4.78, 5) is 14.1. The summed E-state index contributed by atoms with van der Waals surface area (Å²) in [7, 11) is 1.69. The van der Waals surface area contributed by atoms with Crippen molar-refractivity contribution in [2.75, 3.05) is 33.4 Å². The second-order valence-electron chi connectivity index (χ2n) is 8.04. The van der Waals surface area contributed by atoms with E-state index in [4.69, 9.17) is 18.9 Å². The lowest BCUT2D eigenvalue weighted by atomic mass is 9.80. The molecular formula is C19H24BrNO5. The molecule has 0 aliphatic carbocycles. The molecule has 0 saturated carbocycles. The van der Waals surface area contributed by atoms with Crippen LogP contribution in [0.5, 0.6) is 11.5 Å². The quantitative estimate of drug-likeness (QED) is 0.726. The Morgan fingerprint density at radius 1 is 1.12 bits per heavy atom. The number of benzene rings is 1. The maximum atomic E-state index is 12.4. The van der Waals surface area contributed by atoms with Gasteiger partial charge in [-0.2, -0.15) is 0 Å². The van der Waals surface area contributed by atoms with Crippen molar-refractivity contribution in [3.8, 4) is 11.5 Å². The van der Waals surface area contributed by atoms with Crippen molar-refractivity contribution in [2.24, 2.45) is 0 Å². The van der Waals surface area contributed by atoms with Gasteiger partial charge in [0, 0.05) is 36.6 Å². The zero-order chi connectivity index (χ0) is 18.7. The van der Waals surface area contributed by atoms with Crippen molar-refractivity contribution in [3.63, 3.8) is 0 Å². The Morgan fingerprint density at radius 3 is 2.35 bits per heavy atom. The standard InChI is InChI=1S/C19H24BrNO5/c1-18(2,3)26-17(22)21-9-19(10-21,23-4)13-11-5-7-25-16(11)14(20)12-6-8-24-15(12)13/h5-10H2,1-4H3. The van der Waals surface area contributed by atoms with Crippen molar-refractivity contribution < 1.29 is 23.7 Å². The number of hydrogen-bond donors (Lipinski definition) is 0. The molecule has 0 unspecified atom stereocenters. The predicted molar refractivity (Wildman–Crippen MR) is 99.0 cm³/mol. The first-order valence-corrected chi connectivity index (χ1v) is 9.71. The number of halogens is 1. The maximum absolute atomic E-state index is 12.4. The summed E-state index contributed by atoms with van der Waals surface area (Å²) in [6, 6.07) is 0. The van der Waals surface area contributed by atoms with E-state index < -0.39 is 11.2 Å². The highest BCUT2D eigenvalue weighted by atomic mass is 79.9. The van der Waals surface area contributed by atoms with Crippen LogP contribution in [0.25, 0.3) is 0 Å². The minimum Gasteiger partial charge on any atom is -0.492 e. The normalized spacial score (nSPS) is 20.0. The molecule has 1 amide bonds. The van der Waals surface area contributed by atoms with E-state index in [1.54, 1.807) is 12.0 Å². The molecule has 3 heterocycles. The van der Waals surface area contributed by atoms with Gasteiger partial charge in [0.2, 0.25) is 0 Å². The number of likely N-dealkylation sites (tertiary alicyclic amines) is 1. The van der Waals surface area contributed by atoms with E-state index in [9.17, 15) is 4.79 Å². The number of ether oxygens (including phenoxy) is 4. The maximum Gasteiger partial charge on any atom is 0.410 e. The monoisotopic (exact) mass is 425 g/mol. The molecule has 1 aromatic rings. The number of methoxy groups -OCH3 is 1. The highest BCUT2D eigenvalue weighted by Crippen LogP contribution is 2.53. The van der Waals surface area contributed by atoms with E-state index >= 15 is 0 Å². The van der Waals surface area contributed by atoms with Crippen molar-refractivity contribution in [1.29, 1.82) is 0 Å². The van der Waals surface area contributed by atoms with Crippen molar-refractivity contribution in [1.82, 2.24) is 4.90 Å². The van der Waals surface area contributed by atoms with Crippen LogP contribution in [0.4, 0.5) is 4.79 Å². The Kier molecular flexibility index (Phi) is 4.15. The van der Waals surface area contributed by atoms with Crippen LogP contribution in [0, 0.1) is 0 Å². The third-order valence-corrected chi connectivity index (χ3v) is 5.97. The molecule has 0 radical (unpaired) electrons. The fraction of sp³-hybridized carbons (Fsp3) is 0.632. The lowest BCUT2D eigenvalue weighted by molar-refractivity contribution is -0.128. The molecule has 142 valence electrons. The molecule has 6 nitrogen and oxygen atoms in total. The van der Waals surface area contributed by atoms with Crippen molar-refractivity contribution in [3.05, 3.63) is 21.2 Å². The fourth-order valence-electron chi connectivity index (χ4n) is 3.95. The van der Waals surface area contributed by atoms with Gasteiger partial charge in [0.1, 0.15) is 22.7 Å². The van der Waals surface area contributed by atoms with E-state index in [-0.39, 0.29) is 6.09 Å². The molecule has 0 spiro atoms. The Bertz CT molecular complexity index is 729. The number of carbonyl (C=O) groups excluding carboxylic acids is 1. The molecule has 26 heavy (non-hydrogen) atoms. The Labute approximate surface area is 161 Å². The molecule has 0 atom stereocenters. The smallest absolute Gasteiger partial charge is 0.410 e. The van der Waals surface area contributed by atoms with Crippen molar-refractivity contribution in [2.45, 2.75) is 44.8 Å². The Morgan fingerprint density at radius 2 is 1.73 bits per heavy atom. The zero-order valence-electron chi connectivity index (χ0n) is 15.6. The minimum atomic E-state index is -0.580. The van der Waals surface area contributed by atoms with E-state index in [1.807, 2.05) is 20.8 Å². The van der Waals surface area contributed by atoms with Gasteiger partial charge in [-0.3, -0.25) is 0 Å². The number of rotatable bonds is 2. The van der Waals surface area contributed by atoms with Crippen molar-refractivity contribution >= 4 is 22.0 Å². The highest BCUT2D eigenvalue weighted by Gasteiger charge is 2.53. The third-order valence-electron chi connectivity index (χ3n) is 5.13. The summed E-state index contributed by atoms with van der Waals surface area (Å²) in [5.41, 5.74) is 2.21. The van der Waals surface area contributed by atoms with Gasteiger partial charge < -0.3 is 23.8 Å². The van der Waals surface area contributed by atoms with Crippen LogP contribution < -0.4 is 9.47 Å². The number of amides is 1. The second kappa shape index (κ2) is 6.02. The van der Waals surface area contributed by atoms with Crippen LogP contribution in [0.3, 0.4) is 0 Å². The van der Waals surface area contributed by atoms with Gasteiger partial charge in [0.25, 0.3) is 0 Å². The van der Waals surface area contributed by atoms with Crippen LogP contribution in [0.15, 0.2) is 4.47 Å². The Hall–Kier alpha value is -1.47. The Balaban J connectivity index is 1.69. The second-order valence-corrected chi connectivity index (χ2v) is 8.83. The van der Waals surface area contributed by atoms with Gasteiger partial charge in [-0.05, 0) is 36.7 Å². The molecule has 3 aliphatic heterocycles. The molecule has 0 N–H and O–H groups in total. The number of hydrogen-bond acceptors (Lipinski definition) is 5. The molecule has 1 fully saturated rings. The molecule has 0 aromatic heterocycles. The molecule has 7 heteroatoms. The third kappa shape index (κ3) is 2.67. The van der Waals surface area contributed by atoms with E-state index in [1.165, 1.54) is 0 Å². The molecule has 1 saturated heterocycles. The van der Waals surface area contributed by atoms with Crippen LogP contribution >= 0.6 is 15.9 Å². The summed E-state index contributed by atoms with van der Waals surface area (Å²) in [6.45, 7) is 7.80. The van der Waals surface area contributed by atoms with Gasteiger partial charge in [-0.15, -0.1) is 0 Å². The minimum absolute atomic E-state index is 0.312. The molecule has 0 bridgehead atoms. The van der Waals surface area contributed by atoms with Crippen LogP contribution in [-0.4, -0.2) is 50.0 Å². The topological polar surface area (TPSA) is 57.2 Å². The summed E-state index contributed by atoms with van der Waals surface area (Å²) < 4.78 is 24.3. The van der Waals surface area contributed by atoms with Crippen LogP contribution in [0.2, 0.25) is 0 Å². The molecule has 3 aliphatic rings. The van der Waals surface area contributed by atoms with E-state index in [2.05, 4.69) is 15.9 Å². The summed E-state index contributed by atoms with van der Waals surface area (Å²) in [5, 5.41) is 0. The van der Waals surface area contributed by atoms with E-state index in [0.717, 1.165) is 45.5 Å². The van der Waals surface area contributed by atoms with Crippen LogP contribution in [0.1, 0.15) is 37.5 Å². The predicted octanol–water partition coefficient (Wildman–Crippen LogP) is 3.41. The average molecular weight is 426 g/mol. The first-order chi connectivity index (χ1) is 12.3. The largest absolute Gasteiger partial charge is 0.492 e. The first-order valence-electron chi connectivity index (χ1n) is 8.92. The van der Waals surface area contributed by atoms with E-state index in [0.29, 0.717) is 26.3 Å². The lowest BCUT2D eigenvalue weighted by Gasteiger charge is -2.49. The molecule has 4 rings (SSSR count). The fourth-order valence-corrected chi connectivity index (χ4v) is 4.68. The number of carbonyl (C=O) groups is 1. The molecule has 1 aromatic carbocycles. The van der Waals surface area contributed by atoms with Gasteiger partial charge >= 0.3 is 6.09 Å². The summed E-state index contributed by atoms with van der Waals surface area (Å²) in [6.07, 6.45) is 1.35. The first kappa shape index (κ1) is 17.9. The number of fused-ring (bicyclic) bond motifs is 2. The summed E-state index contributed by atoms with van der Waals surface area (Å²) in [5.74, 6) is 1.79. The zero-order valence-corrected chi connectivity index (χ0v) is 17.2. The average Bonchev–Trinajstić information content (AvgIpc) is 3.16. The SMILES string of the molecule is COC1(c2c3c(c(Br)c4c2OCC4)OCC3)CN(C(=O)OC(C)(C)C)C1. The lowest BCUT2D eigenvalue weighted by Crippen LogP contribution is -2.63. The van der Waals surface area contributed by atoms with Gasteiger partial charge in [0.15, 0.2) is 0 Å². The van der Waals surface area contributed by atoms with Gasteiger partial charge in [0.05, 0.1) is 30.8 Å².